The van der Waals surface area contributed by atoms with Gasteiger partial charge in [0.2, 0.25) is 0 Å². The second-order valence-electron chi connectivity index (χ2n) is 4.93. The maximum atomic E-state index is 13.4. The number of carbonyl (C=O) groups excluding carboxylic acids is 1. The van der Waals surface area contributed by atoms with Gasteiger partial charge in [-0.15, -0.1) is 0 Å². The quantitative estimate of drug-likeness (QED) is 0.839. The summed E-state index contributed by atoms with van der Waals surface area (Å²) in [4.78, 5) is 13.8. The maximum absolute atomic E-state index is 13.4. The van der Waals surface area contributed by atoms with Crippen LogP contribution in [-0.4, -0.2) is 36.6 Å². The van der Waals surface area contributed by atoms with Crippen LogP contribution in [0.2, 0.25) is 0 Å². The summed E-state index contributed by atoms with van der Waals surface area (Å²) in [6.45, 7) is 1.87. The molecule has 0 bridgehead atoms. The first-order valence-corrected chi connectivity index (χ1v) is 6.70. The van der Waals surface area contributed by atoms with Crippen LogP contribution >= 0.6 is 0 Å². The van der Waals surface area contributed by atoms with E-state index in [1.807, 2.05) is 4.90 Å². The van der Waals surface area contributed by atoms with Gasteiger partial charge in [-0.2, -0.15) is 5.26 Å². The molecule has 0 atom stereocenters. The van der Waals surface area contributed by atoms with Gasteiger partial charge in [-0.05, 0) is 25.0 Å². The minimum absolute atomic E-state index is 0.0107. The monoisotopic (exact) mass is 294 g/mol. The molecular formula is C14H16F2N4O. The molecule has 1 aliphatic rings. The highest BCUT2D eigenvalue weighted by Crippen LogP contribution is 2.15. The molecule has 7 heteroatoms. The molecule has 1 fully saturated rings. The van der Waals surface area contributed by atoms with Crippen LogP contribution in [0.15, 0.2) is 18.2 Å². The zero-order chi connectivity index (χ0) is 15.2. The summed E-state index contributed by atoms with van der Waals surface area (Å²) in [6, 6.07) is 4.55. The van der Waals surface area contributed by atoms with Crippen LogP contribution in [0.5, 0.6) is 0 Å². The fourth-order valence-corrected chi connectivity index (χ4v) is 2.27. The molecule has 1 saturated heterocycles. The summed E-state index contributed by atoms with van der Waals surface area (Å²) in [7, 11) is 0. The zero-order valence-electron chi connectivity index (χ0n) is 11.4. The van der Waals surface area contributed by atoms with Crippen molar-refractivity contribution < 1.29 is 13.6 Å². The molecule has 0 radical (unpaired) electrons. The third-order valence-corrected chi connectivity index (χ3v) is 3.40. The Balaban J connectivity index is 1.81. The lowest BCUT2D eigenvalue weighted by atomic mass is 10.1. The van der Waals surface area contributed by atoms with Gasteiger partial charge < -0.3 is 10.6 Å². The molecule has 1 aromatic carbocycles. The van der Waals surface area contributed by atoms with Crippen LogP contribution in [0.25, 0.3) is 0 Å². The van der Waals surface area contributed by atoms with Crippen molar-refractivity contribution in [1.29, 1.82) is 5.26 Å². The normalized spacial score (nSPS) is 16.2. The summed E-state index contributed by atoms with van der Waals surface area (Å²) in [6.07, 6.45) is 1.47. The van der Waals surface area contributed by atoms with Crippen molar-refractivity contribution in [3.8, 4) is 6.07 Å². The molecule has 1 heterocycles. The van der Waals surface area contributed by atoms with Gasteiger partial charge in [0, 0.05) is 25.2 Å². The largest absolute Gasteiger partial charge is 0.335 e. The number of nitrogens with one attached hydrogen (secondary N) is 2. The Morgan fingerprint density at radius 2 is 2.10 bits per heavy atom. The van der Waals surface area contributed by atoms with Gasteiger partial charge in [-0.25, -0.2) is 13.6 Å². The van der Waals surface area contributed by atoms with Crippen LogP contribution < -0.4 is 10.6 Å². The molecule has 1 aliphatic heterocycles. The predicted molar refractivity (Wildman–Crippen MR) is 73.6 cm³/mol. The van der Waals surface area contributed by atoms with Crippen LogP contribution in [0.3, 0.4) is 0 Å². The van der Waals surface area contributed by atoms with Crippen molar-refractivity contribution >= 4 is 11.7 Å². The molecule has 5 nitrogen and oxygen atoms in total. The standard InChI is InChI=1S/C14H16F2N4O/c15-10-1-2-13(12(16)9-10)19-14(21)18-11-3-6-20(7-4-11)8-5-17/h1-2,9,11H,3-4,6-8H2,(H2,18,19,21). The third-order valence-electron chi connectivity index (χ3n) is 3.40. The lowest BCUT2D eigenvalue weighted by molar-refractivity contribution is 0.211. The van der Waals surface area contributed by atoms with Gasteiger partial charge in [0.15, 0.2) is 0 Å². The number of urea groups is 1. The van der Waals surface area contributed by atoms with E-state index >= 15 is 0 Å². The summed E-state index contributed by atoms with van der Waals surface area (Å²) >= 11 is 0. The van der Waals surface area contributed by atoms with E-state index in [1.54, 1.807) is 0 Å². The number of hydrogen-bond acceptors (Lipinski definition) is 3. The van der Waals surface area contributed by atoms with Gasteiger partial charge in [-0.1, -0.05) is 0 Å². The molecule has 2 rings (SSSR count). The molecule has 0 spiro atoms. The highest BCUT2D eigenvalue weighted by molar-refractivity contribution is 5.89. The van der Waals surface area contributed by atoms with E-state index in [1.165, 1.54) is 6.07 Å². The Morgan fingerprint density at radius 1 is 1.38 bits per heavy atom. The van der Waals surface area contributed by atoms with Gasteiger partial charge in [0.25, 0.3) is 0 Å². The summed E-state index contributed by atoms with van der Waals surface area (Å²) in [5.41, 5.74) is -0.0594. The molecule has 0 aliphatic carbocycles. The molecule has 21 heavy (non-hydrogen) atoms. The van der Waals surface area contributed by atoms with Crippen LogP contribution in [-0.2, 0) is 0 Å². The van der Waals surface area contributed by atoms with Gasteiger partial charge in [0.05, 0.1) is 18.3 Å². The van der Waals surface area contributed by atoms with Crippen LogP contribution in [0, 0.1) is 23.0 Å². The van der Waals surface area contributed by atoms with E-state index in [2.05, 4.69) is 16.7 Å². The Morgan fingerprint density at radius 3 is 2.71 bits per heavy atom. The second-order valence-corrected chi connectivity index (χ2v) is 4.93. The predicted octanol–water partition coefficient (Wildman–Crippen LogP) is 2.07. The summed E-state index contributed by atoms with van der Waals surface area (Å²) in [5, 5.41) is 13.7. The van der Waals surface area contributed by atoms with Gasteiger partial charge >= 0.3 is 6.03 Å². The Hall–Kier alpha value is -2.20. The number of likely N-dealkylation sites (tertiary alicyclic amines) is 1. The Bertz CT molecular complexity index is 550. The lowest BCUT2D eigenvalue weighted by Crippen LogP contribution is -2.46. The molecule has 0 saturated carbocycles. The first kappa shape index (κ1) is 15.2. The molecule has 2 N–H and O–H groups in total. The number of rotatable bonds is 3. The van der Waals surface area contributed by atoms with Crippen molar-refractivity contribution in [2.45, 2.75) is 18.9 Å². The SMILES string of the molecule is N#CCN1CCC(NC(=O)Nc2ccc(F)cc2F)CC1. The molecule has 2 amide bonds. The molecule has 0 unspecified atom stereocenters. The lowest BCUT2D eigenvalue weighted by Gasteiger charge is -2.30. The van der Waals surface area contributed by atoms with Gasteiger partial charge in [-0.3, -0.25) is 4.90 Å². The van der Waals surface area contributed by atoms with E-state index in [9.17, 15) is 13.6 Å². The highest BCUT2D eigenvalue weighted by Gasteiger charge is 2.20. The molecule has 1 aromatic rings. The van der Waals surface area contributed by atoms with Crippen molar-refractivity contribution in [2.24, 2.45) is 0 Å². The number of hydrogen-bond donors (Lipinski definition) is 2. The van der Waals surface area contributed by atoms with E-state index in [0.29, 0.717) is 6.54 Å². The topological polar surface area (TPSA) is 68.2 Å². The number of benzene rings is 1. The fourth-order valence-electron chi connectivity index (χ4n) is 2.27. The smallest absolute Gasteiger partial charge is 0.319 e. The van der Waals surface area contributed by atoms with Crippen molar-refractivity contribution in [3.05, 3.63) is 29.8 Å². The Labute approximate surface area is 121 Å². The van der Waals surface area contributed by atoms with Crippen molar-refractivity contribution in [3.63, 3.8) is 0 Å². The minimum Gasteiger partial charge on any atom is -0.335 e. The first-order chi connectivity index (χ1) is 10.1. The molecule has 112 valence electrons. The maximum Gasteiger partial charge on any atom is 0.319 e. The number of halogens is 2. The number of piperidine rings is 1. The number of carbonyl (C=O) groups is 1. The highest BCUT2D eigenvalue weighted by atomic mass is 19.1. The zero-order valence-corrected chi connectivity index (χ0v) is 11.4. The van der Waals surface area contributed by atoms with E-state index < -0.39 is 17.7 Å². The number of amides is 2. The van der Waals surface area contributed by atoms with Crippen LogP contribution in [0.4, 0.5) is 19.3 Å². The average Bonchev–Trinajstić information content (AvgIpc) is 2.44. The number of anilines is 1. The third kappa shape index (κ3) is 4.39. The molecule has 0 aromatic heterocycles. The summed E-state index contributed by atoms with van der Waals surface area (Å²) in [5.74, 6) is -1.50. The Kier molecular flexibility index (Phi) is 5.06. The first-order valence-electron chi connectivity index (χ1n) is 6.70. The van der Waals surface area contributed by atoms with E-state index in [-0.39, 0.29) is 11.7 Å². The van der Waals surface area contributed by atoms with Crippen LogP contribution in [0.1, 0.15) is 12.8 Å². The fraction of sp³-hybridized carbons (Fsp3) is 0.429. The van der Waals surface area contributed by atoms with Crippen molar-refractivity contribution in [2.75, 3.05) is 25.0 Å². The number of nitriles is 1. The average molecular weight is 294 g/mol. The minimum atomic E-state index is -0.811. The van der Waals surface area contributed by atoms with E-state index in [4.69, 9.17) is 5.26 Å². The molecular weight excluding hydrogens is 278 g/mol. The van der Waals surface area contributed by atoms with Gasteiger partial charge in [0.1, 0.15) is 11.6 Å². The van der Waals surface area contributed by atoms with E-state index in [0.717, 1.165) is 38.1 Å². The summed E-state index contributed by atoms with van der Waals surface area (Å²) < 4.78 is 26.2. The number of nitrogens with zero attached hydrogens (tertiary/aromatic N) is 2. The second kappa shape index (κ2) is 6.99. The van der Waals surface area contributed by atoms with Crippen molar-refractivity contribution in [1.82, 2.24) is 10.2 Å².